The Balaban J connectivity index is 2.38. The van der Waals surface area contributed by atoms with Crippen LogP contribution in [0.4, 0.5) is 0 Å². The molecule has 0 aromatic carbocycles. The van der Waals surface area contributed by atoms with Crippen LogP contribution in [-0.4, -0.2) is 17.9 Å². The molecule has 0 spiro atoms. The van der Waals surface area contributed by atoms with E-state index >= 15 is 0 Å². The molecule has 0 bridgehead atoms. The van der Waals surface area contributed by atoms with Crippen molar-refractivity contribution in [2.75, 3.05) is 0 Å². The number of rotatable bonds is 1. The molecule has 0 atom stereocenters. The third-order valence-electron chi connectivity index (χ3n) is 2.20. The van der Waals surface area contributed by atoms with E-state index in [1.165, 1.54) is 26.2 Å². The Morgan fingerprint density at radius 3 is 2.54 bits per heavy atom. The maximum Gasteiger partial charge on any atom is 0.223 e. The van der Waals surface area contributed by atoms with Gasteiger partial charge in [0.05, 0.1) is 6.04 Å². The van der Waals surface area contributed by atoms with Crippen LogP contribution in [0.25, 0.3) is 0 Å². The quantitative estimate of drug-likeness (QED) is 0.465. The molecule has 0 aliphatic heterocycles. The molecule has 1 aliphatic rings. The van der Waals surface area contributed by atoms with Crippen LogP contribution in [0.2, 0.25) is 0 Å². The van der Waals surface area contributed by atoms with Gasteiger partial charge in [0.25, 0.3) is 0 Å². The van der Waals surface area contributed by atoms with Gasteiger partial charge in [0.1, 0.15) is 0 Å². The number of carbonyl (C=O) groups excluding carboxylic acids is 1. The van der Waals surface area contributed by atoms with Crippen molar-refractivity contribution < 1.29 is 4.79 Å². The van der Waals surface area contributed by atoms with Crippen LogP contribution >= 0.6 is 0 Å². The Bertz CT molecular complexity index is 207. The van der Waals surface area contributed by atoms with Gasteiger partial charge < -0.3 is 5.73 Å². The summed E-state index contributed by atoms with van der Waals surface area (Å²) in [4.78, 5) is 14.9. The second-order valence-corrected chi connectivity index (χ2v) is 3.49. The van der Waals surface area contributed by atoms with Crippen molar-refractivity contribution >= 4 is 11.9 Å². The lowest BCUT2D eigenvalue weighted by Crippen LogP contribution is -2.36. The first kappa shape index (κ1) is 10.0. The summed E-state index contributed by atoms with van der Waals surface area (Å²) in [5, 5.41) is 2.48. The Morgan fingerprint density at radius 2 is 2.00 bits per heavy atom. The van der Waals surface area contributed by atoms with Gasteiger partial charge in [-0.05, 0) is 12.8 Å². The maximum absolute atomic E-state index is 10.6. The van der Waals surface area contributed by atoms with Gasteiger partial charge in [-0.25, -0.2) is 4.99 Å². The highest BCUT2D eigenvalue weighted by molar-refractivity contribution is 5.95. The summed E-state index contributed by atoms with van der Waals surface area (Å²) in [6, 6.07) is 0.320. The largest absolute Gasteiger partial charge is 0.370 e. The average Bonchev–Trinajstić information content (AvgIpc) is 2.04. The van der Waals surface area contributed by atoms with Crippen LogP contribution in [0.15, 0.2) is 4.99 Å². The lowest BCUT2D eigenvalue weighted by Gasteiger charge is -2.17. The van der Waals surface area contributed by atoms with Crippen LogP contribution < -0.4 is 11.1 Å². The number of hydrogen-bond donors (Lipinski definition) is 2. The van der Waals surface area contributed by atoms with Gasteiger partial charge in [0.15, 0.2) is 5.96 Å². The summed E-state index contributed by atoms with van der Waals surface area (Å²) < 4.78 is 0. The molecule has 0 aromatic heterocycles. The normalized spacial score (nSPS) is 19.9. The monoisotopic (exact) mass is 183 g/mol. The molecule has 1 amide bonds. The lowest BCUT2D eigenvalue weighted by atomic mass is 9.96. The first-order chi connectivity index (χ1) is 6.18. The molecule has 4 heteroatoms. The van der Waals surface area contributed by atoms with Crippen molar-refractivity contribution in [3.05, 3.63) is 0 Å². The summed E-state index contributed by atoms with van der Waals surface area (Å²) in [6.45, 7) is 1.43. The van der Waals surface area contributed by atoms with E-state index in [4.69, 9.17) is 5.73 Å². The van der Waals surface area contributed by atoms with E-state index < -0.39 is 0 Å². The fourth-order valence-corrected chi connectivity index (χ4v) is 1.62. The Labute approximate surface area is 78.6 Å². The molecule has 74 valence electrons. The summed E-state index contributed by atoms with van der Waals surface area (Å²) >= 11 is 0. The summed E-state index contributed by atoms with van der Waals surface area (Å²) in [5.41, 5.74) is 5.52. The fourth-order valence-electron chi connectivity index (χ4n) is 1.62. The second-order valence-electron chi connectivity index (χ2n) is 3.49. The zero-order valence-corrected chi connectivity index (χ0v) is 8.05. The van der Waals surface area contributed by atoms with Crippen LogP contribution in [0.1, 0.15) is 39.0 Å². The number of carbonyl (C=O) groups is 1. The van der Waals surface area contributed by atoms with Crippen LogP contribution in [-0.2, 0) is 4.79 Å². The molecular formula is C9H17N3O. The predicted molar refractivity (Wildman–Crippen MR) is 52.3 cm³/mol. The molecule has 13 heavy (non-hydrogen) atoms. The zero-order valence-electron chi connectivity index (χ0n) is 8.05. The van der Waals surface area contributed by atoms with Crippen molar-refractivity contribution in [3.8, 4) is 0 Å². The van der Waals surface area contributed by atoms with Gasteiger partial charge in [0.2, 0.25) is 5.91 Å². The number of nitrogens with two attached hydrogens (primary N) is 1. The van der Waals surface area contributed by atoms with Crippen LogP contribution in [0.5, 0.6) is 0 Å². The van der Waals surface area contributed by atoms with E-state index in [-0.39, 0.29) is 11.9 Å². The molecule has 0 saturated heterocycles. The SMILES string of the molecule is CC(=O)NC(N)=NC1CCCCC1. The van der Waals surface area contributed by atoms with E-state index in [1.54, 1.807) is 0 Å². The van der Waals surface area contributed by atoms with Gasteiger partial charge in [0, 0.05) is 6.92 Å². The number of guanidine groups is 1. The highest BCUT2D eigenvalue weighted by Gasteiger charge is 2.12. The highest BCUT2D eigenvalue weighted by atomic mass is 16.1. The van der Waals surface area contributed by atoms with Gasteiger partial charge in [-0.15, -0.1) is 0 Å². The van der Waals surface area contributed by atoms with E-state index in [9.17, 15) is 4.79 Å². The highest BCUT2D eigenvalue weighted by Crippen LogP contribution is 2.19. The van der Waals surface area contributed by atoms with E-state index in [2.05, 4.69) is 10.3 Å². The van der Waals surface area contributed by atoms with Gasteiger partial charge in [-0.3, -0.25) is 10.1 Å². The Morgan fingerprint density at radius 1 is 1.38 bits per heavy atom. The number of nitrogens with one attached hydrogen (secondary N) is 1. The third-order valence-corrected chi connectivity index (χ3v) is 2.20. The zero-order chi connectivity index (χ0) is 9.68. The molecule has 1 rings (SSSR count). The smallest absolute Gasteiger partial charge is 0.223 e. The maximum atomic E-state index is 10.6. The van der Waals surface area contributed by atoms with Gasteiger partial charge in [-0.2, -0.15) is 0 Å². The molecule has 1 aliphatic carbocycles. The summed E-state index contributed by atoms with van der Waals surface area (Å²) in [7, 11) is 0. The summed E-state index contributed by atoms with van der Waals surface area (Å²) in [5.74, 6) is 0.108. The standard InChI is InChI=1S/C9H17N3O/c1-7(13)11-9(10)12-8-5-3-2-4-6-8/h8H,2-6H2,1H3,(H3,10,11,12,13). The molecule has 0 aromatic rings. The number of nitrogens with zero attached hydrogens (tertiary/aromatic N) is 1. The van der Waals surface area contributed by atoms with E-state index in [0.29, 0.717) is 6.04 Å². The second kappa shape index (κ2) is 4.84. The summed E-state index contributed by atoms with van der Waals surface area (Å²) in [6.07, 6.45) is 5.94. The lowest BCUT2D eigenvalue weighted by molar-refractivity contribution is -0.117. The van der Waals surface area contributed by atoms with Gasteiger partial charge in [-0.1, -0.05) is 19.3 Å². The average molecular weight is 183 g/mol. The molecule has 4 nitrogen and oxygen atoms in total. The van der Waals surface area contributed by atoms with Crippen LogP contribution in [0, 0.1) is 0 Å². The van der Waals surface area contributed by atoms with Gasteiger partial charge >= 0.3 is 0 Å². The minimum absolute atomic E-state index is 0.156. The minimum Gasteiger partial charge on any atom is -0.370 e. The molecule has 3 N–H and O–H groups in total. The van der Waals surface area contributed by atoms with Crippen molar-refractivity contribution in [1.82, 2.24) is 5.32 Å². The fraction of sp³-hybridized carbons (Fsp3) is 0.778. The number of amides is 1. The molecule has 0 radical (unpaired) electrons. The van der Waals surface area contributed by atoms with Crippen molar-refractivity contribution in [2.24, 2.45) is 10.7 Å². The molecule has 0 heterocycles. The minimum atomic E-state index is -0.156. The Kier molecular flexibility index (Phi) is 3.73. The Hall–Kier alpha value is -1.06. The van der Waals surface area contributed by atoms with Crippen molar-refractivity contribution in [1.29, 1.82) is 0 Å². The van der Waals surface area contributed by atoms with Crippen molar-refractivity contribution in [3.63, 3.8) is 0 Å². The number of hydrogen-bond acceptors (Lipinski definition) is 2. The van der Waals surface area contributed by atoms with E-state index in [1.807, 2.05) is 0 Å². The first-order valence-electron chi connectivity index (χ1n) is 4.79. The third kappa shape index (κ3) is 3.92. The molecular weight excluding hydrogens is 166 g/mol. The number of aliphatic imine (C=N–C) groups is 1. The van der Waals surface area contributed by atoms with Crippen LogP contribution in [0.3, 0.4) is 0 Å². The molecule has 1 fully saturated rings. The predicted octanol–water partition coefficient (Wildman–Crippen LogP) is 0.770. The molecule has 1 saturated carbocycles. The van der Waals surface area contributed by atoms with E-state index in [0.717, 1.165) is 12.8 Å². The van der Waals surface area contributed by atoms with Crippen molar-refractivity contribution in [2.45, 2.75) is 45.1 Å². The molecule has 0 unspecified atom stereocenters. The first-order valence-corrected chi connectivity index (χ1v) is 4.79. The topological polar surface area (TPSA) is 67.5 Å².